The third-order valence-electron chi connectivity index (χ3n) is 6.71. The van der Waals surface area contributed by atoms with Crippen LogP contribution in [-0.2, 0) is 22.6 Å². The van der Waals surface area contributed by atoms with Crippen molar-refractivity contribution in [2.24, 2.45) is 5.92 Å². The summed E-state index contributed by atoms with van der Waals surface area (Å²) in [5.41, 5.74) is 3.68. The summed E-state index contributed by atoms with van der Waals surface area (Å²) in [6.45, 7) is 4.03. The molecule has 156 valence electrons. The van der Waals surface area contributed by atoms with Crippen LogP contribution < -0.4 is 9.64 Å². The van der Waals surface area contributed by atoms with Gasteiger partial charge in [0, 0.05) is 50.9 Å². The fraction of sp³-hybridized carbons (Fsp3) is 0.417. The molecule has 0 saturated carbocycles. The van der Waals surface area contributed by atoms with E-state index in [1.165, 1.54) is 11.1 Å². The van der Waals surface area contributed by atoms with Crippen molar-refractivity contribution in [3.05, 3.63) is 59.7 Å². The van der Waals surface area contributed by atoms with E-state index in [9.17, 15) is 9.59 Å². The number of anilines is 1. The Balaban J connectivity index is 1.16. The van der Waals surface area contributed by atoms with Gasteiger partial charge in [-0.05, 0) is 41.8 Å². The van der Waals surface area contributed by atoms with Gasteiger partial charge < -0.3 is 14.5 Å². The molecule has 3 heterocycles. The lowest BCUT2D eigenvalue weighted by atomic mass is 9.95. The van der Waals surface area contributed by atoms with Gasteiger partial charge in [-0.25, -0.2) is 0 Å². The molecule has 1 atom stereocenters. The Kier molecular flexibility index (Phi) is 4.95. The fourth-order valence-electron chi connectivity index (χ4n) is 4.84. The van der Waals surface area contributed by atoms with Crippen LogP contribution in [0.3, 0.4) is 0 Å². The average Bonchev–Trinajstić information content (AvgIpc) is 3.14. The second-order valence-electron chi connectivity index (χ2n) is 8.49. The molecule has 2 fully saturated rings. The molecule has 2 amide bonds. The molecule has 2 saturated heterocycles. The predicted octanol–water partition coefficient (Wildman–Crippen LogP) is 2.32. The Morgan fingerprint density at radius 1 is 1.00 bits per heavy atom. The van der Waals surface area contributed by atoms with E-state index >= 15 is 0 Å². The maximum Gasteiger partial charge on any atom is 0.228 e. The Morgan fingerprint density at radius 3 is 2.47 bits per heavy atom. The van der Waals surface area contributed by atoms with E-state index in [1.807, 2.05) is 29.2 Å². The van der Waals surface area contributed by atoms with E-state index < -0.39 is 0 Å². The molecule has 5 rings (SSSR count). The predicted molar refractivity (Wildman–Crippen MR) is 114 cm³/mol. The topological polar surface area (TPSA) is 53.1 Å². The van der Waals surface area contributed by atoms with Crippen LogP contribution in [0.15, 0.2) is 48.5 Å². The normalized spacial score (nSPS) is 22.0. The number of carbonyl (C=O) groups excluding carboxylic acids is 2. The van der Waals surface area contributed by atoms with Gasteiger partial charge in [0.25, 0.3) is 0 Å². The number of hydrogen-bond donors (Lipinski definition) is 0. The lowest BCUT2D eigenvalue weighted by Crippen LogP contribution is -2.62. The molecular formula is C24H27N3O3. The summed E-state index contributed by atoms with van der Waals surface area (Å²) in [6, 6.07) is 16.5. The van der Waals surface area contributed by atoms with E-state index in [1.54, 1.807) is 12.0 Å². The SMILES string of the molecule is COc1ccc(N2CC(C(=O)N3CC(N4CCc5ccccc5C4)C3)CC2=O)cc1. The second kappa shape index (κ2) is 7.76. The molecule has 2 aromatic rings. The van der Waals surface area contributed by atoms with Gasteiger partial charge in [-0.2, -0.15) is 0 Å². The summed E-state index contributed by atoms with van der Waals surface area (Å²) in [5.74, 6) is 0.642. The van der Waals surface area contributed by atoms with E-state index in [0.29, 0.717) is 19.0 Å². The summed E-state index contributed by atoms with van der Waals surface area (Å²) >= 11 is 0. The number of likely N-dealkylation sites (tertiary alicyclic amines) is 1. The largest absolute Gasteiger partial charge is 0.497 e. The van der Waals surface area contributed by atoms with Gasteiger partial charge in [-0.15, -0.1) is 0 Å². The van der Waals surface area contributed by atoms with E-state index in [4.69, 9.17) is 4.74 Å². The van der Waals surface area contributed by atoms with Crippen molar-refractivity contribution in [3.63, 3.8) is 0 Å². The number of hydrogen-bond acceptors (Lipinski definition) is 4. The summed E-state index contributed by atoms with van der Waals surface area (Å²) in [5, 5.41) is 0. The molecule has 0 radical (unpaired) electrons. The van der Waals surface area contributed by atoms with Crippen LogP contribution in [0.1, 0.15) is 17.5 Å². The lowest BCUT2D eigenvalue weighted by molar-refractivity contribution is -0.143. The van der Waals surface area contributed by atoms with Gasteiger partial charge in [0.1, 0.15) is 5.75 Å². The minimum atomic E-state index is -0.248. The van der Waals surface area contributed by atoms with Gasteiger partial charge in [0.2, 0.25) is 11.8 Å². The minimum Gasteiger partial charge on any atom is -0.497 e. The molecule has 1 unspecified atom stereocenters. The zero-order valence-electron chi connectivity index (χ0n) is 17.3. The van der Waals surface area contributed by atoms with Crippen LogP contribution in [0, 0.1) is 5.92 Å². The van der Waals surface area contributed by atoms with Crippen LogP contribution in [0.4, 0.5) is 5.69 Å². The number of benzene rings is 2. The van der Waals surface area contributed by atoms with Crippen molar-refractivity contribution in [2.75, 3.05) is 38.2 Å². The number of ether oxygens (including phenoxy) is 1. The molecule has 3 aliphatic heterocycles. The Labute approximate surface area is 177 Å². The first-order valence-corrected chi connectivity index (χ1v) is 10.7. The van der Waals surface area contributed by atoms with Crippen molar-refractivity contribution in [3.8, 4) is 5.75 Å². The standard InChI is InChI=1S/C24H27N3O3/c1-30-22-8-6-20(7-9-22)27-14-19(12-23(27)28)24(29)26-15-21(16-26)25-11-10-17-4-2-3-5-18(17)13-25/h2-9,19,21H,10-16H2,1H3. The first kappa shape index (κ1) is 19.1. The van der Waals surface area contributed by atoms with Gasteiger partial charge in [0.05, 0.1) is 13.0 Å². The van der Waals surface area contributed by atoms with Crippen molar-refractivity contribution in [1.29, 1.82) is 0 Å². The maximum absolute atomic E-state index is 13.0. The third kappa shape index (κ3) is 3.45. The summed E-state index contributed by atoms with van der Waals surface area (Å²) in [6.07, 6.45) is 1.37. The Bertz CT molecular complexity index is 952. The molecular weight excluding hydrogens is 378 g/mol. The van der Waals surface area contributed by atoms with Crippen molar-refractivity contribution < 1.29 is 14.3 Å². The molecule has 3 aliphatic rings. The Hall–Kier alpha value is -2.86. The van der Waals surface area contributed by atoms with E-state index in [-0.39, 0.29) is 17.7 Å². The van der Waals surface area contributed by atoms with Crippen LogP contribution >= 0.6 is 0 Å². The maximum atomic E-state index is 13.0. The van der Waals surface area contributed by atoms with Gasteiger partial charge in [-0.1, -0.05) is 24.3 Å². The molecule has 6 nitrogen and oxygen atoms in total. The first-order chi connectivity index (χ1) is 14.6. The lowest BCUT2D eigenvalue weighted by Gasteiger charge is -2.47. The fourth-order valence-corrected chi connectivity index (χ4v) is 4.84. The molecule has 0 bridgehead atoms. The quantitative estimate of drug-likeness (QED) is 0.784. The molecule has 0 aromatic heterocycles. The van der Waals surface area contributed by atoms with E-state index in [2.05, 4.69) is 29.2 Å². The van der Waals surface area contributed by atoms with E-state index in [0.717, 1.165) is 44.0 Å². The molecule has 0 N–H and O–H groups in total. The highest BCUT2D eigenvalue weighted by Crippen LogP contribution is 2.30. The third-order valence-corrected chi connectivity index (χ3v) is 6.71. The molecule has 6 heteroatoms. The molecule has 0 aliphatic carbocycles. The highest BCUT2D eigenvalue weighted by Gasteiger charge is 2.42. The number of rotatable bonds is 4. The second-order valence-corrected chi connectivity index (χ2v) is 8.49. The van der Waals surface area contributed by atoms with Crippen molar-refractivity contribution in [1.82, 2.24) is 9.80 Å². The summed E-state index contributed by atoms with van der Waals surface area (Å²) in [4.78, 5) is 31.7. The highest BCUT2D eigenvalue weighted by atomic mass is 16.5. The van der Waals surface area contributed by atoms with Crippen LogP contribution in [0.25, 0.3) is 0 Å². The van der Waals surface area contributed by atoms with Gasteiger partial charge in [0.15, 0.2) is 0 Å². The highest BCUT2D eigenvalue weighted by molar-refractivity contribution is 6.00. The smallest absolute Gasteiger partial charge is 0.228 e. The zero-order valence-corrected chi connectivity index (χ0v) is 17.3. The molecule has 0 spiro atoms. The number of fused-ring (bicyclic) bond motifs is 1. The van der Waals surface area contributed by atoms with Crippen LogP contribution in [0.5, 0.6) is 5.75 Å². The zero-order chi connectivity index (χ0) is 20.7. The van der Waals surface area contributed by atoms with Crippen molar-refractivity contribution >= 4 is 17.5 Å². The minimum absolute atomic E-state index is 0.0169. The van der Waals surface area contributed by atoms with Crippen LogP contribution in [0.2, 0.25) is 0 Å². The first-order valence-electron chi connectivity index (χ1n) is 10.7. The molecule has 2 aromatic carbocycles. The molecule has 30 heavy (non-hydrogen) atoms. The Morgan fingerprint density at radius 2 is 1.73 bits per heavy atom. The number of carbonyl (C=O) groups is 2. The summed E-state index contributed by atoms with van der Waals surface area (Å²) in [7, 11) is 1.62. The van der Waals surface area contributed by atoms with Gasteiger partial charge in [-0.3, -0.25) is 14.5 Å². The number of methoxy groups -OCH3 is 1. The van der Waals surface area contributed by atoms with Crippen LogP contribution in [-0.4, -0.2) is 60.9 Å². The average molecular weight is 405 g/mol. The summed E-state index contributed by atoms with van der Waals surface area (Å²) < 4.78 is 5.18. The number of amides is 2. The monoisotopic (exact) mass is 405 g/mol. The van der Waals surface area contributed by atoms with Gasteiger partial charge >= 0.3 is 0 Å². The van der Waals surface area contributed by atoms with Crippen molar-refractivity contribution in [2.45, 2.75) is 25.4 Å². The number of nitrogens with zero attached hydrogens (tertiary/aromatic N) is 3.